The molecule has 0 spiro atoms. The lowest BCUT2D eigenvalue weighted by atomic mass is 10.1. The molecule has 0 bridgehead atoms. The standard InChI is InChI=1S/C19H14Cl3N3O2S/c1-10(26)23-8-11-2-4-12(5-3-11)15-9-28-19(24-15)25-18(27)16-13(20)6-7-14(21)17(16)22/h2-7,9H,8H2,1H3,(H,23,26)(H,24,25,27). The first-order chi connectivity index (χ1) is 13.3. The molecule has 3 rings (SSSR count). The molecule has 144 valence electrons. The van der Waals surface area contributed by atoms with E-state index in [-0.39, 0.29) is 26.5 Å². The van der Waals surface area contributed by atoms with Crippen molar-refractivity contribution in [3.63, 3.8) is 0 Å². The molecule has 2 amide bonds. The van der Waals surface area contributed by atoms with Crippen LogP contribution in [0.2, 0.25) is 15.1 Å². The molecule has 0 radical (unpaired) electrons. The summed E-state index contributed by atoms with van der Waals surface area (Å²) >= 11 is 19.4. The minimum Gasteiger partial charge on any atom is -0.352 e. The molecule has 0 aliphatic heterocycles. The average Bonchev–Trinajstić information content (AvgIpc) is 3.12. The van der Waals surface area contributed by atoms with Crippen molar-refractivity contribution in [3.8, 4) is 11.3 Å². The zero-order chi connectivity index (χ0) is 20.3. The SMILES string of the molecule is CC(=O)NCc1ccc(-c2csc(NC(=O)c3c(Cl)ccc(Cl)c3Cl)n2)cc1. The summed E-state index contributed by atoms with van der Waals surface area (Å²) in [5.74, 6) is -0.562. The molecule has 3 aromatic rings. The third-order valence-electron chi connectivity index (χ3n) is 3.79. The second kappa shape index (κ2) is 8.92. The summed E-state index contributed by atoms with van der Waals surface area (Å²) in [5.41, 5.74) is 2.69. The summed E-state index contributed by atoms with van der Waals surface area (Å²) in [6.45, 7) is 1.94. The topological polar surface area (TPSA) is 71.1 Å². The van der Waals surface area contributed by atoms with Gasteiger partial charge in [-0.1, -0.05) is 59.1 Å². The predicted molar refractivity (Wildman–Crippen MR) is 114 cm³/mol. The minimum atomic E-state index is -0.482. The summed E-state index contributed by atoms with van der Waals surface area (Å²) in [6, 6.07) is 10.7. The van der Waals surface area contributed by atoms with Gasteiger partial charge < -0.3 is 5.32 Å². The van der Waals surface area contributed by atoms with Gasteiger partial charge in [0.05, 0.1) is 26.3 Å². The summed E-state index contributed by atoms with van der Waals surface area (Å²) in [5, 5.41) is 8.23. The Kier molecular flexibility index (Phi) is 6.57. The van der Waals surface area contributed by atoms with Crippen molar-refractivity contribution in [1.29, 1.82) is 0 Å². The second-order valence-electron chi connectivity index (χ2n) is 5.82. The second-order valence-corrected chi connectivity index (χ2v) is 7.87. The highest BCUT2D eigenvalue weighted by Gasteiger charge is 2.18. The number of benzene rings is 2. The molecule has 28 heavy (non-hydrogen) atoms. The molecule has 0 aliphatic carbocycles. The fraction of sp³-hybridized carbons (Fsp3) is 0.105. The van der Waals surface area contributed by atoms with E-state index in [1.165, 1.54) is 30.4 Å². The smallest absolute Gasteiger partial charge is 0.260 e. The van der Waals surface area contributed by atoms with Gasteiger partial charge in [0.2, 0.25) is 5.91 Å². The molecule has 0 aliphatic rings. The number of aromatic nitrogens is 1. The zero-order valence-electron chi connectivity index (χ0n) is 14.6. The lowest BCUT2D eigenvalue weighted by molar-refractivity contribution is -0.119. The number of hydrogen-bond donors (Lipinski definition) is 2. The highest BCUT2D eigenvalue weighted by Crippen LogP contribution is 2.32. The zero-order valence-corrected chi connectivity index (χ0v) is 17.6. The Bertz CT molecular complexity index is 1040. The number of halogens is 3. The van der Waals surface area contributed by atoms with Gasteiger partial charge in [-0.2, -0.15) is 0 Å². The van der Waals surface area contributed by atoms with Crippen molar-refractivity contribution < 1.29 is 9.59 Å². The molecule has 0 saturated carbocycles. The first kappa shape index (κ1) is 20.6. The van der Waals surface area contributed by atoms with Crippen molar-refractivity contribution in [1.82, 2.24) is 10.3 Å². The Morgan fingerprint density at radius 2 is 1.71 bits per heavy atom. The average molecular weight is 455 g/mol. The van der Waals surface area contributed by atoms with Gasteiger partial charge in [0.1, 0.15) is 0 Å². The van der Waals surface area contributed by atoms with E-state index >= 15 is 0 Å². The van der Waals surface area contributed by atoms with Crippen molar-refractivity contribution in [2.45, 2.75) is 13.5 Å². The highest BCUT2D eigenvalue weighted by molar-refractivity contribution is 7.14. The van der Waals surface area contributed by atoms with Gasteiger partial charge in [-0.25, -0.2) is 4.98 Å². The third kappa shape index (κ3) is 4.83. The number of carbonyl (C=O) groups excluding carboxylic acids is 2. The van der Waals surface area contributed by atoms with Crippen molar-refractivity contribution in [2.24, 2.45) is 0 Å². The quantitative estimate of drug-likeness (QED) is 0.489. The van der Waals surface area contributed by atoms with Crippen LogP contribution in [-0.4, -0.2) is 16.8 Å². The first-order valence-corrected chi connectivity index (χ1v) is 10.1. The third-order valence-corrected chi connectivity index (χ3v) is 5.66. The molecule has 1 aromatic heterocycles. The summed E-state index contributed by atoms with van der Waals surface area (Å²) in [6.07, 6.45) is 0. The van der Waals surface area contributed by atoms with Crippen LogP contribution in [0.3, 0.4) is 0 Å². The van der Waals surface area contributed by atoms with Crippen LogP contribution < -0.4 is 10.6 Å². The van der Waals surface area contributed by atoms with Gasteiger partial charge in [-0.05, 0) is 17.7 Å². The minimum absolute atomic E-state index is 0.0797. The summed E-state index contributed by atoms with van der Waals surface area (Å²) < 4.78 is 0. The van der Waals surface area contributed by atoms with E-state index in [0.717, 1.165) is 16.8 Å². The normalized spacial score (nSPS) is 10.6. The Balaban J connectivity index is 1.73. The Hall–Kier alpha value is -2.12. The van der Waals surface area contributed by atoms with Crippen LogP contribution in [0, 0.1) is 0 Å². The van der Waals surface area contributed by atoms with Crippen molar-refractivity contribution in [3.05, 3.63) is 68.0 Å². The number of anilines is 1. The van der Waals surface area contributed by atoms with E-state index in [2.05, 4.69) is 15.6 Å². The molecule has 5 nitrogen and oxygen atoms in total. The predicted octanol–water partition coefficient (Wildman–Crippen LogP) is 5.66. The Morgan fingerprint density at radius 1 is 1.04 bits per heavy atom. The van der Waals surface area contributed by atoms with Crippen LogP contribution in [0.15, 0.2) is 41.8 Å². The van der Waals surface area contributed by atoms with Gasteiger partial charge in [0.15, 0.2) is 5.13 Å². The fourth-order valence-corrected chi connectivity index (χ4v) is 3.79. The van der Waals surface area contributed by atoms with Gasteiger partial charge in [0.25, 0.3) is 5.91 Å². The molecule has 0 unspecified atom stereocenters. The Morgan fingerprint density at radius 3 is 2.39 bits per heavy atom. The maximum atomic E-state index is 12.5. The molecule has 2 aromatic carbocycles. The van der Waals surface area contributed by atoms with Crippen LogP contribution in [0.5, 0.6) is 0 Å². The van der Waals surface area contributed by atoms with Gasteiger partial charge in [0, 0.05) is 24.4 Å². The summed E-state index contributed by atoms with van der Waals surface area (Å²) in [4.78, 5) is 27.9. The maximum absolute atomic E-state index is 12.5. The molecule has 1 heterocycles. The number of thiazole rings is 1. The van der Waals surface area contributed by atoms with Gasteiger partial charge in [-0.15, -0.1) is 11.3 Å². The van der Waals surface area contributed by atoms with Gasteiger partial charge >= 0.3 is 0 Å². The lowest BCUT2D eigenvalue weighted by Crippen LogP contribution is -2.18. The molecular formula is C19H14Cl3N3O2S. The van der Waals surface area contributed by atoms with Crippen molar-refractivity contribution in [2.75, 3.05) is 5.32 Å². The number of nitrogens with one attached hydrogen (secondary N) is 2. The van der Waals surface area contributed by atoms with E-state index in [0.29, 0.717) is 11.7 Å². The van der Waals surface area contributed by atoms with E-state index in [9.17, 15) is 9.59 Å². The van der Waals surface area contributed by atoms with Gasteiger partial charge in [-0.3, -0.25) is 14.9 Å². The van der Waals surface area contributed by atoms with Crippen LogP contribution in [0.4, 0.5) is 5.13 Å². The largest absolute Gasteiger partial charge is 0.352 e. The molecule has 0 saturated heterocycles. The Labute approximate surface area is 180 Å². The van der Waals surface area contributed by atoms with Crippen LogP contribution in [0.25, 0.3) is 11.3 Å². The molecule has 9 heteroatoms. The van der Waals surface area contributed by atoms with Crippen LogP contribution in [-0.2, 0) is 11.3 Å². The van der Waals surface area contributed by atoms with Crippen LogP contribution >= 0.6 is 46.1 Å². The van der Waals surface area contributed by atoms with Crippen molar-refractivity contribution >= 4 is 63.1 Å². The molecule has 2 N–H and O–H groups in total. The number of nitrogens with zero attached hydrogens (tertiary/aromatic N) is 1. The van der Waals surface area contributed by atoms with E-state index in [1.54, 1.807) is 0 Å². The highest BCUT2D eigenvalue weighted by atomic mass is 35.5. The number of rotatable bonds is 5. The summed E-state index contributed by atoms with van der Waals surface area (Å²) in [7, 11) is 0. The molecular weight excluding hydrogens is 441 g/mol. The van der Waals surface area contributed by atoms with E-state index < -0.39 is 5.91 Å². The fourth-order valence-electron chi connectivity index (χ4n) is 2.38. The maximum Gasteiger partial charge on any atom is 0.260 e. The molecule has 0 fully saturated rings. The van der Waals surface area contributed by atoms with Crippen LogP contribution in [0.1, 0.15) is 22.8 Å². The number of hydrogen-bond acceptors (Lipinski definition) is 4. The van der Waals surface area contributed by atoms with E-state index in [1.807, 2.05) is 29.6 Å². The number of carbonyl (C=O) groups is 2. The molecule has 0 atom stereocenters. The lowest BCUT2D eigenvalue weighted by Gasteiger charge is -2.07. The first-order valence-electron chi connectivity index (χ1n) is 8.09. The number of amides is 2. The van der Waals surface area contributed by atoms with E-state index in [4.69, 9.17) is 34.8 Å². The monoisotopic (exact) mass is 453 g/mol.